The van der Waals surface area contributed by atoms with E-state index >= 15 is 0 Å². The number of likely N-dealkylation sites (tertiary alicyclic amines) is 1. The standard InChI is InChI=1S/C25H50N4O3/c1-9-13-28-18-22(16-21-17-25(31-7,32-8)12-11-23(21)28)26-24(30)27(10-2)14-15-29(19(3)4)20(5)6/h19-23H,9-18H2,1-8H3,(H,26,30)/t21-,22+,23-/m1/s1. The Hall–Kier alpha value is -0.890. The van der Waals surface area contributed by atoms with E-state index in [-0.39, 0.29) is 12.1 Å². The fourth-order valence-corrected chi connectivity index (χ4v) is 5.94. The van der Waals surface area contributed by atoms with Crippen molar-refractivity contribution >= 4 is 6.03 Å². The molecular weight excluding hydrogens is 404 g/mol. The topological polar surface area (TPSA) is 57.3 Å². The first kappa shape index (κ1) is 27.4. The second-order valence-corrected chi connectivity index (χ2v) is 10.3. The van der Waals surface area contributed by atoms with Gasteiger partial charge in [-0.25, -0.2) is 4.79 Å². The van der Waals surface area contributed by atoms with Crippen molar-refractivity contribution < 1.29 is 14.3 Å². The lowest BCUT2D eigenvalue weighted by Crippen LogP contribution is -2.61. The number of likely N-dealkylation sites (N-methyl/N-ethyl adjacent to an activating group) is 1. The van der Waals surface area contributed by atoms with E-state index in [9.17, 15) is 4.79 Å². The molecule has 188 valence electrons. The van der Waals surface area contributed by atoms with E-state index in [0.29, 0.717) is 24.0 Å². The lowest BCUT2D eigenvalue weighted by molar-refractivity contribution is -0.242. The van der Waals surface area contributed by atoms with Gasteiger partial charge in [-0.2, -0.15) is 0 Å². The maximum Gasteiger partial charge on any atom is 0.317 e. The van der Waals surface area contributed by atoms with Crippen LogP contribution in [0.4, 0.5) is 4.79 Å². The molecule has 2 fully saturated rings. The zero-order valence-corrected chi connectivity index (χ0v) is 22.0. The van der Waals surface area contributed by atoms with Crippen molar-refractivity contribution in [3.63, 3.8) is 0 Å². The third kappa shape index (κ3) is 6.81. The number of ether oxygens (including phenoxy) is 2. The van der Waals surface area contributed by atoms with Gasteiger partial charge in [-0.15, -0.1) is 0 Å². The van der Waals surface area contributed by atoms with E-state index in [1.54, 1.807) is 14.2 Å². The number of hydrogen-bond acceptors (Lipinski definition) is 5. The van der Waals surface area contributed by atoms with Crippen LogP contribution in [0.5, 0.6) is 0 Å². The van der Waals surface area contributed by atoms with E-state index in [1.807, 2.05) is 4.90 Å². The van der Waals surface area contributed by atoms with Crippen molar-refractivity contribution in [3.05, 3.63) is 0 Å². The van der Waals surface area contributed by atoms with Gasteiger partial charge in [-0.05, 0) is 66.3 Å². The van der Waals surface area contributed by atoms with Crippen LogP contribution < -0.4 is 5.32 Å². The molecule has 2 amide bonds. The van der Waals surface area contributed by atoms with Gasteiger partial charge in [0.1, 0.15) is 0 Å². The zero-order chi connectivity index (χ0) is 23.9. The van der Waals surface area contributed by atoms with Crippen molar-refractivity contribution in [2.24, 2.45) is 5.92 Å². The maximum absolute atomic E-state index is 13.2. The molecule has 0 unspecified atom stereocenters. The molecule has 1 saturated carbocycles. The Bertz CT molecular complexity index is 559. The normalized spacial score (nSPS) is 25.9. The van der Waals surface area contributed by atoms with Crippen LogP contribution in [0.1, 0.15) is 73.6 Å². The van der Waals surface area contributed by atoms with Crippen LogP contribution in [0.25, 0.3) is 0 Å². The SMILES string of the molecule is CCCN1C[C@@H](NC(=O)N(CC)CCN(C(C)C)C(C)C)C[C@@H]2CC(OC)(OC)CC[C@H]21. The lowest BCUT2D eigenvalue weighted by Gasteiger charge is -2.51. The summed E-state index contributed by atoms with van der Waals surface area (Å²) in [5.74, 6) is -0.000852. The van der Waals surface area contributed by atoms with Gasteiger partial charge < -0.3 is 19.7 Å². The van der Waals surface area contributed by atoms with Crippen molar-refractivity contribution in [2.75, 3.05) is 46.9 Å². The molecule has 3 atom stereocenters. The maximum atomic E-state index is 13.2. The highest BCUT2D eigenvalue weighted by atomic mass is 16.7. The molecule has 2 rings (SSSR count). The smallest absolute Gasteiger partial charge is 0.317 e. The minimum Gasteiger partial charge on any atom is -0.353 e. The van der Waals surface area contributed by atoms with Gasteiger partial charge in [0.25, 0.3) is 0 Å². The van der Waals surface area contributed by atoms with E-state index in [0.717, 1.165) is 64.8 Å². The van der Waals surface area contributed by atoms with Gasteiger partial charge >= 0.3 is 6.03 Å². The molecule has 0 spiro atoms. The van der Waals surface area contributed by atoms with Gasteiger partial charge in [-0.1, -0.05) is 6.92 Å². The predicted octanol–water partition coefficient (Wildman–Crippen LogP) is 3.78. The summed E-state index contributed by atoms with van der Waals surface area (Å²) in [4.78, 5) is 20.2. The predicted molar refractivity (Wildman–Crippen MR) is 131 cm³/mol. The third-order valence-electron chi connectivity index (χ3n) is 7.66. The fraction of sp³-hybridized carbons (Fsp3) is 0.960. The molecule has 0 bridgehead atoms. The van der Waals surface area contributed by atoms with Crippen LogP contribution in [0, 0.1) is 5.92 Å². The van der Waals surface area contributed by atoms with Crippen LogP contribution in [-0.4, -0.2) is 97.6 Å². The summed E-state index contributed by atoms with van der Waals surface area (Å²) in [6.45, 7) is 17.6. The fourth-order valence-electron chi connectivity index (χ4n) is 5.94. The zero-order valence-electron chi connectivity index (χ0n) is 22.0. The number of hydrogen-bond donors (Lipinski definition) is 1. The Morgan fingerprint density at radius 2 is 1.78 bits per heavy atom. The van der Waals surface area contributed by atoms with Crippen molar-refractivity contribution in [1.82, 2.24) is 20.0 Å². The molecule has 0 aromatic rings. The minimum absolute atomic E-state index is 0.0698. The number of carbonyl (C=O) groups excluding carboxylic acids is 1. The Kier molecular flexibility index (Phi) is 10.7. The van der Waals surface area contributed by atoms with Crippen LogP contribution >= 0.6 is 0 Å². The number of nitrogens with one attached hydrogen (secondary N) is 1. The van der Waals surface area contributed by atoms with E-state index in [1.165, 1.54) is 0 Å². The quantitative estimate of drug-likeness (QED) is 0.482. The largest absolute Gasteiger partial charge is 0.353 e. The molecule has 1 saturated heterocycles. The first-order chi connectivity index (χ1) is 15.2. The minimum atomic E-state index is -0.475. The number of carbonyl (C=O) groups is 1. The van der Waals surface area contributed by atoms with Crippen LogP contribution in [0.15, 0.2) is 0 Å². The number of urea groups is 1. The summed E-state index contributed by atoms with van der Waals surface area (Å²) in [6, 6.07) is 1.75. The molecule has 7 nitrogen and oxygen atoms in total. The lowest BCUT2D eigenvalue weighted by atomic mass is 9.74. The molecule has 1 aliphatic heterocycles. The number of rotatable bonds is 11. The Labute approximate surface area is 197 Å². The number of fused-ring (bicyclic) bond motifs is 1. The van der Waals surface area contributed by atoms with Crippen molar-refractivity contribution in [3.8, 4) is 0 Å². The van der Waals surface area contributed by atoms with E-state index < -0.39 is 5.79 Å². The Morgan fingerprint density at radius 3 is 2.31 bits per heavy atom. The monoisotopic (exact) mass is 454 g/mol. The molecule has 0 aromatic heterocycles. The summed E-state index contributed by atoms with van der Waals surface area (Å²) in [5.41, 5.74) is 0. The average Bonchev–Trinajstić information content (AvgIpc) is 2.75. The average molecular weight is 455 g/mol. The number of nitrogens with zero attached hydrogens (tertiary/aromatic N) is 3. The van der Waals surface area contributed by atoms with Crippen LogP contribution in [0.2, 0.25) is 0 Å². The summed E-state index contributed by atoms with van der Waals surface area (Å²) in [5, 5.41) is 3.38. The summed E-state index contributed by atoms with van der Waals surface area (Å²) in [7, 11) is 3.51. The highest BCUT2D eigenvalue weighted by Crippen LogP contribution is 2.42. The first-order valence-corrected chi connectivity index (χ1v) is 12.9. The van der Waals surface area contributed by atoms with Gasteiger partial charge in [0.15, 0.2) is 5.79 Å². The van der Waals surface area contributed by atoms with Gasteiger partial charge in [0, 0.05) is 77.4 Å². The molecule has 32 heavy (non-hydrogen) atoms. The molecule has 7 heteroatoms. The molecule has 1 N–H and O–H groups in total. The molecule has 2 aliphatic rings. The molecule has 1 heterocycles. The first-order valence-electron chi connectivity index (χ1n) is 12.9. The van der Waals surface area contributed by atoms with Crippen LogP contribution in [-0.2, 0) is 9.47 Å². The molecular formula is C25H50N4O3. The third-order valence-corrected chi connectivity index (χ3v) is 7.66. The van der Waals surface area contributed by atoms with Crippen molar-refractivity contribution in [2.45, 2.75) is 104 Å². The molecule has 0 aromatic carbocycles. The summed E-state index contributed by atoms with van der Waals surface area (Å²) in [6.07, 6.45) is 5.04. The Balaban J connectivity index is 2.02. The molecule has 0 radical (unpaired) electrons. The van der Waals surface area contributed by atoms with E-state index in [4.69, 9.17) is 9.47 Å². The second-order valence-electron chi connectivity index (χ2n) is 10.3. The summed E-state index contributed by atoms with van der Waals surface area (Å²) >= 11 is 0. The van der Waals surface area contributed by atoms with Crippen molar-refractivity contribution in [1.29, 1.82) is 0 Å². The van der Waals surface area contributed by atoms with Gasteiger partial charge in [-0.3, -0.25) is 9.80 Å². The van der Waals surface area contributed by atoms with Crippen LogP contribution in [0.3, 0.4) is 0 Å². The number of methoxy groups -OCH3 is 2. The van der Waals surface area contributed by atoms with E-state index in [2.05, 4.69) is 56.7 Å². The highest BCUT2D eigenvalue weighted by Gasteiger charge is 2.46. The Morgan fingerprint density at radius 1 is 1.12 bits per heavy atom. The van der Waals surface area contributed by atoms with Gasteiger partial charge in [0.05, 0.1) is 0 Å². The highest BCUT2D eigenvalue weighted by molar-refractivity contribution is 5.74. The second kappa shape index (κ2) is 12.5. The van der Waals surface area contributed by atoms with Gasteiger partial charge in [0.2, 0.25) is 0 Å². The number of piperidine rings is 1. The molecule has 1 aliphatic carbocycles. The summed E-state index contributed by atoms with van der Waals surface area (Å²) < 4.78 is 11.6. The number of amides is 2.